The zero-order chi connectivity index (χ0) is 21.6. The van der Waals surface area contributed by atoms with Crippen LogP contribution in [0.3, 0.4) is 0 Å². The zero-order valence-corrected chi connectivity index (χ0v) is 18.7. The monoisotopic (exact) mass is 422 g/mol. The fourth-order valence-electron chi connectivity index (χ4n) is 3.72. The van der Waals surface area contributed by atoms with E-state index >= 15 is 0 Å². The maximum atomic E-state index is 12.6. The van der Waals surface area contributed by atoms with Gasteiger partial charge in [0.25, 0.3) is 0 Å². The normalized spacial score (nSPS) is 15.4. The summed E-state index contributed by atoms with van der Waals surface area (Å²) in [6.07, 6.45) is 0.210. The first-order chi connectivity index (χ1) is 14.3. The van der Waals surface area contributed by atoms with Crippen molar-refractivity contribution in [3.63, 3.8) is 0 Å². The first kappa shape index (κ1) is 20.3. The summed E-state index contributed by atoms with van der Waals surface area (Å²) in [7, 11) is 0. The summed E-state index contributed by atoms with van der Waals surface area (Å²) < 4.78 is 2.06. The van der Waals surface area contributed by atoms with Crippen LogP contribution in [0.4, 0.5) is 5.69 Å². The molecule has 0 aliphatic carbocycles. The number of nitrogens with one attached hydrogen (secondary N) is 1. The topological polar surface area (TPSA) is 98.2 Å². The Hall–Kier alpha value is -3.00. The van der Waals surface area contributed by atoms with Crippen LogP contribution in [0.5, 0.6) is 0 Å². The lowest BCUT2D eigenvalue weighted by molar-refractivity contribution is -0.121. The minimum atomic E-state index is -0.434. The van der Waals surface area contributed by atoms with Crippen LogP contribution in [0.15, 0.2) is 29.3 Å². The Balaban J connectivity index is 1.93. The van der Waals surface area contributed by atoms with E-state index in [0.29, 0.717) is 11.5 Å². The first-order valence-electron chi connectivity index (χ1n) is 10.0. The lowest BCUT2D eigenvalue weighted by atomic mass is 9.99. The van der Waals surface area contributed by atoms with Crippen LogP contribution in [0, 0.1) is 20.8 Å². The van der Waals surface area contributed by atoms with Crippen molar-refractivity contribution < 1.29 is 4.79 Å². The molecule has 1 aliphatic heterocycles. The predicted molar refractivity (Wildman–Crippen MR) is 121 cm³/mol. The summed E-state index contributed by atoms with van der Waals surface area (Å²) in [6.45, 7) is 10.1. The number of hydrogen-bond acceptors (Lipinski definition) is 6. The molecule has 0 unspecified atom stereocenters. The fourth-order valence-corrected chi connectivity index (χ4v) is 4.94. The highest BCUT2D eigenvalue weighted by Gasteiger charge is 2.32. The number of thiophene rings is 1. The molecule has 2 aromatic heterocycles. The van der Waals surface area contributed by atoms with Crippen LogP contribution in [0.2, 0.25) is 0 Å². The lowest BCUT2D eigenvalue weighted by Gasteiger charge is -2.14. The highest BCUT2D eigenvalue weighted by Crippen LogP contribution is 2.39. The maximum absolute atomic E-state index is 12.6. The lowest BCUT2D eigenvalue weighted by Crippen LogP contribution is -2.31. The summed E-state index contributed by atoms with van der Waals surface area (Å²) in [5, 5.41) is 12.7. The smallest absolute Gasteiger partial charge is 0.222 e. The van der Waals surface area contributed by atoms with Crippen molar-refractivity contribution >= 4 is 28.6 Å². The number of nitrogens with zero attached hydrogens (tertiary/aromatic N) is 4. The third-order valence-corrected chi connectivity index (χ3v) is 6.44. The van der Waals surface area contributed by atoms with Crippen molar-refractivity contribution in [2.75, 3.05) is 5.73 Å². The number of hydrogen-bond donors (Lipinski definition) is 2. The highest BCUT2D eigenvalue weighted by molar-refractivity contribution is 7.15. The van der Waals surface area contributed by atoms with Crippen LogP contribution in [-0.2, 0) is 4.79 Å². The number of nitrogens with two attached hydrogens (primary N) is 1. The van der Waals surface area contributed by atoms with Crippen molar-refractivity contribution in [2.45, 2.75) is 53.1 Å². The number of nitrogen functional groups attached to an aromatic ring is 1. The van der Waals surface area contributed by atoms with Gasteiger partial charge in [0, 0.05) is 27.7 Å². The molecule has 4 rings (SSSR count). The summed E-state index contributed by atoms with van der Waals surface area (Å²) in [5.74, 6) is 1.43. The number of benzene rings is 1. The van der Waals surface area contributed by atoms with Gasteiger partial charge in [0.05, 0.1) is 12.1 Å². The van der Waals surface area contributed by atoms with E-state index in [0.717, 1.165) is 27.7 Å². The largest absolute Gasteiger partial charge is 0.399 e. The number of aliphatic imine (C=N–C) groups is 1. The van der Waals surface area contributed by atoms with Gasteiger partial charge < -0.3 is 11.1 Å². The molecule has 1 amide bonds. The zero-order valence-electron chi connectivity index (χ0n) is 17.9. The highest BCUT2D eigenvalue weighted by atomic mass is 32.1. The molecule has 0 radical (unpaired) electrons. The molecule has 1 atom stereocenters. The number of carbonyl (C=O) groups excluding carboxylic acids is 1. The molecule has 3 N–H and O–H groups in total. The number of amides is 1. The Morgan fingerprint density at radius 3 is 2.57 bits per heavy atom. The molecule has 0 saturated heterocycles. The molecule has 0 fully saturated rings. The SMILES string of the molecule is Cc1sc2c(c1C)C(c1ccc(N)cc1)=N[C@@H](CC(=O)NC(C)C)c1nnc(C)n1-2. The van der Waals surface area contributed by atoms with Crippen LogP contribution in [-0.4, -0.2) is 32.4 Å². The van der Waals surface area contributed by atoms with Crippen molar-refractivity contribution in [1.29, 1.82) is 0 Å². The van der Waals surface area contributed by atoms with E-state index < -0.39 is 6.04 Å². The quantitative estimate of drug-likeness (QED) is 0.627. The number of rotatable bonds is 4. The molecule has 30 heavy (non-hydrogen) atoms. The first-order valence-corrected chi connectivity index (χ1v) is 10.8. The average Bonchev–Trinajstić information content (AvgIpc) is 3.14. The van der Waals surface area contributed by atoms with Crippen molar-refractivity contribution in [2.24, 2.45) is 4.99 Å². The molecular weight excluding hydrogens is 396 g/mol. The van der Waals surface area contributed by atoms with Crippen molar-refractivity contribution in [1.82, 2.24) is 20.1 Å². The average molecular weight is 423 g/mol. The molecule has 8 heteroatoms. The van der Waals surface area contributed by atoms with Crippen LogP contribution >= 0.6 is 11.3 Å². The third kappa shape index (κ3) is 3.52. The molecule has 0 spiro atoms. The number of fused-ring (bicyclic) bond motifs is 3. The molecule has 0 bridgehead atoms. The minimum Gasteiger partial charge on any atom is -0.399 e. The second-order valence-corrected chi connectivity index (χ2v) is 9.15. The Bertz CT molecular complexity index is 1140. The summed E-state index contributed by atoms with van der Waals surface area (Å²) in [4.78, 5) is 18.9. The number of aryl methyl sites for hydroxylation is 2. The molecule has 3 heterocycles. The summed E-state index contributed by atoms with van der Waals surface area (Å²) in [6, 6.07) is 7.35. The maximum Gasteiger partial charge on any atom is 0.222 e. The fraction of sp³-hybridized carbons (Fsp3) is 0.364. The molecule has 156 valence electrons. The molecule has 0 saturated carbocycles. The number of aromatic nitrogens is 3. The summed E-state index contributed by atoms with van der Waals surface area (Å²) in [5.41, 5.74) is 10.7. The predicted octanol–water partition coefficient (Wildman–Crippen LogP) is 3.64. The Labute approximate surface area is 180 Å². The van der Waals surface area contributed by atoms with Gasteiger partial charge in [-0.2, -0.15) is 0 Å². The van der Waals surface area contributed by atoms with Gasteiger partial charge in [-0.1, -0.05) is 12.1 Å². The molecule has 3 aromatic rings. The van der Waals surface area contributed by atoms with Gasteiger partial charge in [-0.15, -0.1) is 21.5 Å². The van der Waals surface area contributed by atoms with Gasteiger partial charge in [-0.25, -0.2) is 0 Å². The van der Waals surface area contributed by atoms with Gasteiger partial charge in [0.15, 0.2) is 5.82 Å². The van der Waals surface area contributed by atoms with Crippen molar-refractivity contribution in [3.8, 4) is 5.00 Å². The van der Waals surface area contributed by atoms with E-state index in [1.807, 2.05) is 45.0 Å². The minimum absolute atomic E-state index is 0.0548. The molecule has 1 aromatic carbocycles. The third-order valence-electron chi connectivity index (χ3n) is 5.25. The second-order valence-electron chi connectivity index (χ2n) is 7.95. The van der Waals surface area contributed by atoms with Gasteiger partial charge >= 0.3 is 0 Å². The van der Waals surface area contributed by atoms with E-state index in [2.05, 4.69) is 33.9 Å². The van der Waals surface area contributed by atoms with Gasteiger partial charge in [0.1, 0.15) is 16.9 Å². The van der Waals surface area contributed by atoms with E-state index in [4.69, 9.17) is 10.7 Å². The van der Waals surface area contributed by atoms with E-state index in [1.165, 1.54) is 10.4 Å². The van der Waals surface area contributed by atoms with Crippen LogP contribution < -0.4 is 11.1 Å². The Morgan fingerprint density at radius 1 is 1.20 bits per heavy atom. The van der Waals surface area contributed by atoms with Crippen LogP contribution in [0.25, 0.3) is 5.00 Å². The number of anilines is 1. The van der Waals surface area contributed by atoms with E-state index in [-0.39, 0.29) is 18.4 Å². The molecule has 7 nitrogen and oxygen atoms in total. The van der Waals surface area contributed by atoms with E-state index in [1.54, 1.807) is 11.3 Å². The molecule has 1 aliphatic rings. The van der Waals surface area contributed by atoms with E-state index in [9.17, 15) is 4.79 Å². The van der Waals surface area contributed by atoms with Crippen LogP contribution in [0.1, 0.15) is 59.5 Å². The standard InChI is InChI=1S/C22H26N6OS/c1-11(2)24-18(29)10-17-21-27-26-14(5)28(21)22-19(12(3)13(4)30-22)20(25-17)15-6-8-16(23)9-7-15/h6-9,11,17H,10,23H2,1-5H3,(H,24,29)/t17-/m0/s1. The Morgan fingerprint density at radius 2 is 1.90 bits per heavy atom. The van der Waals surface area contributed by atoms with Gasteiger partial charge in [-0.3, -0.25) is 14.4 Å². The Kier molecular flexibility index (Phi) is 5.19. The number of carbonyl (C=O) groups is 1. The van der Waals surface area contributed by atoms with Gasteiger partial charge in [0.2, 0.25) is 5.91 Å². The second kappa shape index (κ2) is 7.68. The van der Waals surface area contributed by atoms with Gasteiger partial charge in [-0.05, 0) is 52.3 Å². The van der Waals surface area contributed by atoms with Crippen molar-refractivity contribution in [3.05, 3.63) is 57.5 Å². The molecular formula is C22H26N6OS. The summed E-state index contributed by atoms with van der Waals surface area (Å²) >= 11 is 1.70.